The molecule has 0 spiro atoms. The van der Waals surface area contributed by atoms with E-state index >= 15 is 0 Å². The Morgan fingerprint density at radius 3 is 2.78 bits per heavy atom. The van der Waals surface area contributed by atoms with Crippen LogP contribution < -0.4 is 0 Å². The van der Waals surface area contributed by atoms with Crippen LogP contribution in [0.1, 0.15) is 61.9 Å². The van der Waals surface area contributed by atoms with E-state index in [1.54, 1.807) is 4.90 Å². The van der Waals surface area contributed by atoms with Crippen molar-refractivity contribution in [2.45, 2.75) is 64.0 Å². The molecule has 2 fully saturated rings. The van der Waals surface area contributed by atoms with E-state index in [4.69, 9.17) is 0 Å². The molecule has 6 heteroatoms. The van der Waals surface area contributed by atoms with Gasteiger partial charge in [0.25, 0.3) is 5.91 Å². The number of hydrogen-bond donors (Lipinski definition) is 1. The molecule has 1 N–H and O–H groups in total. The number of rotatable bonds is 2. The van der Waals surface area contributed by atoms with Gasteiger partial charge in [-0.05, 0) is 31.6 Å². The zero-order valence-electron chi connectivity index (χ0n) is 13.9. The molecular weight excluding hydrogens is 292 g/mol. The summed E-state index contributed by atoms with van der Waals surface area (Å²) in [5.74, 6) is 1.82. The van der Waals surface area contributed by atoms with Gasteiger partial charge in [0, 0.05) is 25.4 Å². The fourth-order valence-corrected chi connectivity index (χ4v) is 4.39. The van der Waals surface area contributed by atoms with E-state index in [0.29, 0.717) is 24.8 Å². The van der Waals surface area contributed by atoms with Crippen LogP contribution in [-0.2, 0) is 13.0 Å². The van der Waals surface area contributed by atoms with Crippen molar-refractivity contribution in [3.63, 3.8) is 0 Å². The molecule has 1 saturated carbocycles. The van der Waals surface area contributed by atoms with Crippen molar-refractivity contribution < 1.29 is 9.90 Å². The van der Waals surface area contributed by atoms with Gasteiger partial charge in [-0.15, -0.1) is 10.2 Å². The van der Waals surface area contributed by atoms with Gasteiger partial charge in [0.15, 0.2) is 0 Å². The molecule has 4 rings (SSSR count). The summed E-state index contributed by atoms with van der Waals surface area (Å²) in [5.41, 5.74) is -0.713. The molecular formula is C17H26N4O2. The summed E-state index contributed by atoms with van der Waals surface area (Å²) >= 11 is 0. The first-order valence-corrected chi connectivity index (χ1v) is 9.03. The lowest BCUT2D eigenvalue weighted by Crippen LogP contribution is -2.48. The summed E-state index contributed by atoms with van der Waals surface area (Å²) < 4.78 is 2.00. The van der Waals surface area contributed by atoms with Gasteiger partial charge >= 0.3 is 0 Å². The highest BCUT2D eigenvalue weighted by Gasteiger charge is 2.51. The number of likely N-dealkylation sites (tertiary alicyclic amines) is 1. The van der Waals surface area contributed by atoms with Gasteiger partial charge in [-0.3, -0.25) is 4.79 Å². The first-order chi connectivity index (χ1) is 11.1. The molecule has 23 heavy (non-hydrogen) atoms. The van der Waals surface area contributed by atoms with Crippen LogP contribution in [0.4, 0.5) is 0 Å². The highest BCUT2D eigenvalue weighted by molar-refractivity contribution is 5.91. The van der Waals surface area contributed by atoms with E-state index in [2.05, 4.69) is 17.1 Å². The van der Waals surface area contributed by atoms with E-state index in [1.165, 1.54) is 12.8 Å². The van der Waals surface area contributed by atoms with Gasteiger partial charge in [-0.2, -0.15) is 0 Å². The van der Waals surface area contributed by atoms with Gasteiger partial charge < -0.3 is 14.6 Å². The number of hydrogen-bond acceptors (Lipinski definition) is 4. The third kappa shape index (κ3) is 2.38. The topological polar surface area (TPSA) is 71.2 Å². The second-order valence-electron chi connectivity index (χ2n) is 7.61. The Balaban J connectivity index is 1.55. The van der Waals surface area contributed by atoms with Crippen molar-refractivity contribution >= 4 is 5.91 Å². The minimum atomic E-state index is -0.713. The number of fused-ring (bicyclic) bond motifs is 1. The third-order valence-corrected chi connectivity index (χ3v) is 6.19. The summed E-state index contributed by atoms with van der Waals surface area (Å²) in [4.78, 5) is 14.7. The van der Waals surface area contributed by atoms with Crippen LogP contribution in [0.3, 0.4) is 0 Å². The Hall–Kier alpha value is -1.43. The van der Waals surface area contributed by atoms with Crippen LogP contribution in [0.5, 0.6) is 0 Å². The predicted molar refractivity (Wildman–Crippen MR) is 84.9 cm³/mol. The fourth-order valence-electron chi connectivity index (χ4n) is 4.39. The minimum absolute atomic E-state index is 0.0623. The van der Waals surface area contributed by atoms with Gasteiger partial charge in [-0.25, -0.2) is 0 Å². The number of aliphatic hydroxyl groups is 1. The number of aryl methyl sites for hydroxylation is 1. The Morgan fingerprint density at radius 1 is 1.22 bits per heavy atom. The molecule has 1 aromatic heterocycles. The lowest BCUT2D eigenvalue weighted by Gasteiger charge is -2.41. The zero-order chi connectivity index (χ0) is 16.0. The fraction of sp³-hybridized carbons (Fsp3) is 0.824. The molecule has 1 aliphatic carbocycles. The quantitative estimate of drug-likeness (QED) is 0.899. The van der Waals surface area contributed by atoms with Crippen LogP contribution in [0.15, 0.2) is 0 Å². The Morgan fingerprint density at radius 2 is 2.04 bits per heavy atom. The van der Waals surface area contributed by atoms with E-state index in [0.717, 1.165) is 44.5 Å². The second kappa shape index (κ2) is 5.58. The first-order valence-electron chi connectivity index (χ1n) is 9.03. The molecule has 2 atom stereocenters. The van der Waals surface area contributed by atoms with Crippen LogP contribution >= 0.6 is 0 Å². The predicted octanol–water partition coefficient (Wildman–Crippen LogP) is 1.63. The molecule has 0 aromatic carbocycles. The molecule has 6 nitrogen and oxygen atoms in total. The Bertz CT molecular complexity index is 610. The highest BCUT2D eigenvalue weighted by Crippen LogP contribution is 2.44. The van der Waals surface area contributed by atoms with Crippen molar-refractivity contribution in [3.05, 3.63) is 11.6 Å². The average molecular weight is 318 g/mol. The Kier molecular flexibility index (Phi) is 3.67. The second-order valence-corrected chi connectivity index (χ2v) is 7.61. The summed E-state index contributed by atoms with van der Waals surface area (Å²) in [7, 11) is 0. The largest absolute Gasteiger partial charge is 0.387 e. The number of β-amino-alcohol motifs (C(OH)–C–C–N with tert-alkyl or cyclic N) is 1. The van der Waals surface area contributed by atoms with E-state index < -0.39 is 5.60 Å². The van der Waals surface area contributed by atoms with Crippen molar-refractivity contribution in [1.82, 2.24) is 19.7 Å². The molecule has 0 unspecified atom stereocenters. The molecule has 126 valence electrons. The molecule has 1 saturated heterocycles. The van der Waals surface area contributed by atoms with Crippen molar-refractivity contribution in [2.75, 3.05) is 13.1 Å². The van der Waals surface area contributed by atoms with Gasteiger partial charge in [0.2, 0.25) is 5.82 Å². The third-order valence-electron chi connectivity index (χ3n) is 6.19. The maximum Gasteiger partial charge on any atom is 0.291 e. The van der Waals surface area contributed by atoms with Gasteiger partial charge in [0.05, 0.1) is 12.1 Å². The molecule has 3 aliphatic rings. The normalized spacial score (nSPS) is 31.6. The number of carbonyl (C=O) groups excluding carboxylic acids is 1. The summed E-state index contributed by atoms with van der Waals surface area (Å²) in [6.07, 6.45) is 7.65. The number of amides is 1. The van der Waals surface area contributed by atoms with E-state index in [-0.39, 0.29) is 11.8 Å². The molecule has 1 aromatic rings. The highest BCUT2D eigenvalue weighted by atomic mass is 16.3. The summed E-state index contributed by atoms with van der Waals surface area (Å²) in [6, 6.07) is 0. The maximum absolute atomic E-state index is 12.9. The first kappa shape index (κ1) is 15.1. The van der Waals surface area contributed by atoms with Gasteiger partial charge in [0.1, 0.15) is 5.82 Å². The lowest BCUT2D eigenvalue weighted by molar-refractivity contribution is -0.0660. The lowest BCUT2D eigenvalue weighted by atomic mass is 9.69. The number of aromatic nitrogens is 3. The van der Waals surface area contributed by atoms with Crippen molar-refractivity contribution in [1.29, 1.82) is 0 Å². The van der Waals surface area contributed by atoms with Gasteiger partial charge in [-0.1, -0.05) is 19.8 Å². The molecule has 1 amide bonds. The minimum Gasteiger partial charge on any atom is -0.387 e. The van der Waals surface area contributed by atoms with Crippen LogP contribution in [0.2, 0.25) is 0 Å². The Labute approximate surface area is 136 Å². The molecule has 0 radical (unpaired) electrons. The monoisotopic (exact) mass is 318 g/mol. The molecule has 0 bridgehead atoms. The number of carbonyl (C=O) groups is 1. The number of nitrogens with zero attached hydrogens (tertiary/aromatic N) is 4. The maximum atomic E-state index is 12.9. The van der Waals surface area contributed by atoms with Crippen molar-refractivity contribution in [2.24, 2.45) is 11.8 Å². The van der Waals surface area contributed by atoms with Crippen LogP contribution in [-0.4, -0.2) is 49.4 Å². The van der Waals surface area contributed by atoms with Crippen LogP contribution in [0, 0.1) is 11.8 Å². The zero-order valence-corrected chi connectivity index (χ0v) is 13.9. The smallest absolute Gasteiger partial charge is 0.291 e. The summed E-state index contributed by atoms with van der Waals surface area (Å²) in [6.45, 7) is 3.96. The van der Waals surface area contributed by atoms with Crippen molar-refractivity contribution in [3.8, 4) is 0 Å². The average Bonchev–Trinajstić information content (AvgIpc) is 2.89. The standard InChI is InChI=1S/C17H26N4O2/c1-12-10-20(11-17(12,23)13-6-5-7-13)16(22)15-19-18-14-8-3-2-4-9-21(14)15/h12-13,23H,2-11H2,1H3/t12-,17+/m1/s1. The SMILES string of the molecule is C[C@@H]1CN(C(=O)c2nnc3n2CCCCC3)C[C@@]1(O)C1CCC1. The van der Waals surface area contributed by atoms with E-state index in [9.17, 15) is 9.90 Å². The van der Waals surface area contributed by atoms with E-state index in [1.807, 2.05) is 4.57 Å². The van der Waals surface area contributed by atoms with Crippen LogP contribution in [0.25, 0.3) is 0 Å². The molecule has 2 aliphatic heterocycles. The summed E-state index contributed by atoms with van der Waals surface area (Å²) in [5, 5.41) is 19.4. The molecule has 3 heterocycles.